The highest BCUT2D eigenvalue weighted by molar-refractivity contribution is 5.74. The Morgan fingerprint density at radius 3 is 2.57 bits per heavy atom. The number of hydrogen-bond donors (Lipinski definition) is 1. The summed E-state index contributed by atoms with van der Waals surface area (Å²) < 4.78 is 2.45. The molecule has 2 aliphatic rings. The maximum atomic E-state index is 12.5. The Labute approximate surface area is 168 Å². The van der Waals surface area contributed by atoms with E-state index in [4.69, 9.17) is 4.98 Å². The van der Waals surface area contributed by atoms with Gasteiger partial charge in [0.05, 0.1) is 0 Å². The van der Waals surface area contributed by atoms with Gasteiger partial charge < -0.3 is 14.8 Å². The largest absolute Gasteiger partial charge is 0.338 e. The highest BCUT2D eigenvalue weighted by Crippen LogP contribution is 2.36. The van der Waals surface area contributed by atoms with Crippen molar-refractivity contribution in [1.82, 2.24) is 19.8 Å². The zero-order valence-electron chi connectivity index (χ0n) is 16.9. The highest BCUT2D eigenvalue weighted by atomic mass is 16.2. The van der Waals surface area contributed by atoms with Gasteiger partial charge in [-0.25, -0.2) is 9.78 Å². The number of piperidine rings is 1. The SMILES string of the molecule is Cc1cnc(C2CCC2)n1CC1CCN(C(=O)NCCc2ccccc2)CC1. The van der Waals surface area contributed by atoms with Gasteiger partial charge in [0.15, 0.2) is 0 Å². The fraction of sp³-hybridized carbons (Fsp3) is 0.565. The topological polar surface area (TPSA) is 50.2 Å². The first-order valence-corrected chi connectivity index (χ1v) is 10.8. The van der Waals surface area contributed by atoms with Crippen LogP contribution >= 0.6 is 0 Å². The van der Waals surface area contributed by atoms with Gasteiger partial charge in [0.2, 0.25) is 0 Å². The standard InChI is InChI=1S/C23H32N4O/c1-18-16-25-22(21-8-5-9-21)27(18)17-20-11-14-26(15-12-20)23(28)24-13-10-19-6-3-2-4-7-19/h2-4,6-7,16,20-21H,5,8-15,17H2,1H3,(H,24,28). The molecular weight excluding hydrogens is 348 g/mol. The molecule has 1 N–H and O–H groups in total. The van der Waals surface area contributed by atoms with Gasteiger partial charge in [0.25, 0.3) is 0 Å². The number of imidazole rings is 1. The van der Waals surface area contributed by atoms with Gasteiger partial charge in [-0.3, -0.25) is 0 Å². The van der Waals surface area contributed by atoms with E-state index < -0.39 is 0 Å². The van der Waals surface area contributed by atoms with Crippen molar-refractivity contribution in [3.05, 3.63) is 53.6 Å². The van der Waals surface area contributed by atoms with Crippen LogP contribution in [0, 0.1) is 12.8 Å². The summed E-state index contributed by atoms with van der Waals surface area (Å²) in [6.07, 6.45) is 8.99. The monoisotopic (exact) mass is 380 g/mol. The number of rotatable bonds is 6. The maximum Gasteiger partial charge on any atom is 0.317 e. The van der Waals surface area contributed by atoms with Gasteiger partial charge in [-0.05, 0) is 50.5 Å². The molecule has 0 radical (unpaired) electrons. The second-order valence-corrected chi connectivity index (χ2v) is 8.39. The van der Waals surface area contributed by atoms with Crippen molar-refractivity contribution in [3.63, 3.8) is 0 Å². The lowest BCUT2D eigenvalue weighted by atomic mass is 9.84. The molecule has 1 saturated carbocycles. The molecule has 2 heterocycles. The average Bonchev–Trinajstić information content (AvgIpc) is 3.02. The number of aryl methyl sites for hydroxylation is 1. The molecule has 2 fully saturated rings. The Bertz CT molecular complexity index is 773. The van der Waals surface area contributed by atoms with Crippen LogP contribution in [-0.2, 0) is 13.0 Å². The number of nitrogens with zero attached hydrogens (tertiary/aromatic N) is 3. The van der Waals surface area contributed by atoms with Crippen LogP contribution < -0.4 is 5.32 Å². The molecular formula is C23H32N4O. The summed E-state index contributed by atoms with van der Waals surface area (Å²) in [5.74, 6) is 2.61. The number of urea groups is 1. The van der Waals surface area contributed by atoms with E-state index in [1.807, 2.05) is 29.3 Å². The third kappa shape index (κ3) is 4.40. The number of benzene rings is 1. The van der Waals surface area contributed by atoms with Crippen LogP contribution in [0.25, 0.3) is 0 Å². The molecule has 1 saturated heterocycles. The summed E-state index contributed by atoms with van der Waals surface area (Å²) in [5, 5.41) is 3.08. The number of nitrogens with one attached hydrogen (secondary N) is 1. The van der Waals surface area contributed by atoms with E-state index >= 15 is 0 Å². The smallest absolute Gasteiger partial charge is 0.317 e. The van der Waals surface area contributed by atoms with E-state index in [2.05, 4.69) is 28.9 Å². The number of hydrogen-bond acceptors (Lipinski definition) is 2. The molecule has 1 aliphatic carbocycles. The van der Waals surface area contributed by atoms with E-state index in [1.165, 1.54) is 36.3 Å². The molecule has 150 valence electrons. The lowest BCUT2D eigenvalue weighted by Crippen LogP contribution is -2.45. The maximum absolute atomic E-state index is 12.5. The molecule has 2 amide bonds. The van der Waals surface area contributed by atoms with E-state index in [1.54, 1.807) is 0 Å². The quantitative estimate of drug-likeness (QED) is 0.819. The van der Waals surface area contributed by atoms with Gasteiger partial charge in [-0.2, -0.15) is 0 Å². The first-order valence-electron chi connectivity index (χ1n) is 10.8. The first-order chi connectivity index (χ1) is 13.7. The van der Waals surface area contributed by atoms with E-state index in [9.17, 15) is 4.79 Å². The van der Waals surface area contributed by atoms with Crippen molar-refractivity contribution in [3.8, 4) is 0 Å². The fourth-order valence-electron chi connectivity index (χ4n) is 4.36. The Morgan fingerprint density at radius 2 is 1.89 bits per heavy atom. The van der Waals surface area contributed by atoms with Crippen molar-refractivity contribution in [2.75, 3.05) is 19.6 Å². The number of carbonyl (C=O) groups excluding carboxylic acids is 1. The van der Waals surface area contributed by atoms with Crippen molar-refractivity contribution in [2.45, 2.75) is 57.9 Å². The number of aromatic nitrogens is 2. The van der Waals surface area contributed by atoms with E-state index in [-0.39, 0.29) is 6.03 Å². The van der Waals surface area contributed by atoms with Crippen LogP contribution in [0.5, 0.6) is 0 Å². The van der Waals surface area contributed by atoms with Gasteiger partial charge >= 0.3 is 6.03 Å². The summed E-state index contributed by atoms with van der Waals surface area (Å²) in [6.45, 7) is 5.63. The summed E-state index contributed by atoms with van der Waals surface area (Å²) in [7, 11) is 0. The third-order valence-corrected chi connectivity index (χ3v) is 6.43. The highest BCUT2D eigenvalue weighted by Gasteiger charge is 2.27. The number of likely N-dealkylation sites (tertiary alicyclic amines) is 1. The van der Waals surface area contributed by atoms with Crippen LogP contribution in [0.1, 0.15) is 55.1 Å². The van der Waals surface area contributed by atoms with E-state index in [0.717, 1.165) is 38.9 Å². The summed E-state index contributed by atoms with van der Waals surface area (Å²) >= 11 is 0. The van der Waals surface area contributed by atoms with Gasteiger partial charge in [0.1, 0.15) is 5.82 Å². The molecule has 2 aromatic rings. The van der Waals surface area contributed by atoms with Gasteiger partial charge in [-0.15, -0.1) is 0 Å². The first kappa shape index (κ1) is 19.0. The molecule has 0 unspecified atom stereocenters. The van der Waals surface area contributed by atoms with Crippen LogP contribution in [-0.4, -0.2) is 40.1 Å². The van der Waals surface area contributed by atoms with Crippen molar-refractivity contribution in [2.24, 2.45) is 5.92 Å². The Balaban J connectivity index is 1.22. The van der Waals surface area contributed by atoms with Gasteiger partial charge in [-0.1, -0.05) is 36.8 Å². The minimum Gasteiger partial charge on any atom is -0.338 e. The molecule has 5 nitrogen and oxygen atoms in total. The van der Waals surface area contributed by atoms with Crippen LogP contribution in [0.3, 0.4) is 0 Å². The predicted molar refractivity (Wildman–Crippen MR) is 111 cm³/mol. The Hall–Kier alpha value is -2.30. The zero-order chi connectivity index (χ0) is 19.3. The second-order valence-electron chi connectivity index (χ2n) is 8.39. The number of carbonyl (C=O) groups is 1. The van der Waals surface area contributed by atoms with Gasteiger partial charge in [0, 0.05) is 44.0 Å². The summed E-state index contributed by atoms with van der Waals surface area (Å²) in [5.41, 5.74) is 2.54. The van der Waals surface area contributed by atoms with Crippen molar-refractivity contribution >= 4 is 6.03 Å². The molecule has 1 aliphatic heterocycles. The summed E-state index contributed by atoms with van der Waals surface area (Å²) in [4.78, 5) is 19.1. The lowest BCUT2D eigenvalue weighted by Gasteiger charge is -2.33. The molecule has 5 heteroatoms. The van der Waals surface area contributed by atoms with Crippen LogP contribution in [0.15, 0.2) is 36.5 Å². The lowest BCUT2D eigenvalue weighted by molar-refractivity contribution is 0.164. The molecule has 1 aromatic heterocycles. The third-order valence-electron chi connectivity index (χ3n) is 6.43. The number of amides is 2. The van der Waals surface area contributed by atoms with E-state index in [0.29, 0.717) is 18.4 Å². The minimum absolute atomic E-state index is 0.0864. The average molecular weight is 381 g/mol. The normalized spacial score (nSPS) is 18.1. The molecule has 28 heavy (non-hydrogen) atoms. The fourth-order valence-corrected chi connectivity index (χ4v) is 4.36. The molecule has 4 rings (SSSR count). The Morgan fingerprint density at radius 1 is 1.14 bits per heavy atom. The molecule has 1 aromatic carbocycles. The van der Waals surface area contributed by atoms with Crippen LogP contribution in [0.2, 0.25) is 0 Å². The molecule has 0 atom stereocenters. The predicted octanol–water partition coefficient (Wildman–Crippen LogP) is 4.12. The van der Waals surface area contributed by atoms with Crippen molar-refractivity contribution in [1.29, 1.82) is 0 Å². The van der Waals surface area contributed by atoms with Crippen molar-refractivity contribution < 1.29 is 4.79 Å². The minimum atomic E-state index is 0.0864. The van der Waals surface area contributed by atoms with Crippen LogP contribution in [0.4, 0.5) is 4.79 Å². The Kier molecular flexibility index (Phi) is 5.98. The summed E-state index contributed by atoms with van der Waals surface area (Å²) in [6, 6.07) is 10.4. The molecule has 0 spiro atoms. The zero-order valence-corrected chi connectivity index (χ0v) is 16.9. The molecule has 0 bridgehead atoms. The second kappa shape index (κ2) is 8.80.